The second-order valence-corrected chi connectivity index (χ2v) is 9.24. The average Bonchev–Trinajstić information content (AvgIpc) is 3.15. The zero-order chi connectivity index (χ0) is 23.4. The monoisotopic (exact) mass is 438 g/mol. The third-order valence-corrected chi connectivity index (χ3v) is 5.59. The summed E-state index contributed by atoms with van der Waals surface area (Å²) in [5.74, 6) is 1.32. The van der Waals surface area contributed by atoms with Gasteiger partial charge in [0.05, 0.1) is 6.33 Å². The van der Waals surface area contributed by atoms with Crippen LogP contribution in [0.15, 0.2) is 30.6 Å². The summed E-state index contributed by atoms with van der Waals surface area (Å²) in [6, 6.07) is 9.45. The molecule has 0 aliphatic rings. The van der Waals surface area contributed by atoms with E-state index in [1.807, 2.05) is 32.6 Å². The Labute approximate surface area is 192 Å². The largest absolute Gasteiger partial charge is 0.378 e. The molecule has 8 nitrogen and oxygen atoms in total. The molecule has 2 aromatic heterocycles. The molecule has 0 aliphatic heterocycles. The van der Waals surface area contributed by atoms with Crippen molar-refractivity contribution in [2.24, 2.45) is 0 Å². The molecule has 0 unspecified atom stereocenters. The molecule has 32 heavy (non-hydrogen) atoms. The molecule has 2 N–H and O–H groups in total. The molecule has 0 saturated carbocycles. The average molecular weight is 439 g/mol. The van der Waals surface area contributed by atoms with Crippen LogP contribution < -0.4 is 15.5 Å². The lowest BCUT2D eigenvalue weighted by Crippen LogP contribution is -2.40. The third kappa shape index (κ3) is 5.48. The fourth-order valence-electron chi connectivity index (χ4n) is 3.88. The van der Waals surface area contributed by atoms with Gasteiger partial charge in [-0.3, -0.25) is 4.90 Å². The van der Waals surface area contributed by atoms with E-state index in [-0.39, 0.29) is 6.04 Å². The number of nitrogens with one attached hydrogen (secondary N) is 2. The summed E-state index contributed by atoms with van der Waals surface area (Å²) in [6.07, 6.45) is 1.85. The van der Waals surface area contributed by atoms with E-state index in [2.05, 4.69) is 83.7 Å². The smallest absolute Gasteiger partial charge is 0.231 e. The van der Waals surface area contributed by atoms with Crippen molar-refractivity contribution in [3.8, 4) is 0 Å². The van der Waals surface area contributed by atoms with Crippen molar-refractivity contribution in [3.63, 3.8) is 0 Å². The summed E-state index contributed by atoms with van der Waals surface area (Å²) in [6.45, 7) is 14.9. The Morgan fingerprint density at radius 3 is 2.34 bits per heavy atom. The van der Waals surface area contributed by atoms with Gasteiger partial charge in [-0.15, -0.1) is 0 Å². The Morgan fingerprint density at radius 2 is 1.72 bits per heavy atom. The Morgan fingerprint density at radius 1 is 1.00 bits per heavy atom. The number of nitrogens with zero attached hydrogens (tertiary/aromatic N) is 6. The minimum Gasteiger partial charge on any atom is -0.378 e. The van der Waals surface area contributed by atoms with Crippen molar-refractivity contribution >= 4 is 34.3 Å². The molecule has 174 valence electrons. The standard InChI is InChI=1S/C24H38N8/c1-16(2)31(17(3)4)13-12-25-22-21-23(32(15-26-21)18(5)6)29-24(28-22)27-19-10-9-11-20(14-19)30(7)8/h9-11,14-18H,12-13H2,1-8H3,(H2,25,27,28,29). The summed E-state index contributed by atoms with van der Waals surface area (Å²) in [5, 5.41) is 6.90. The topological polar surface area (TPSA) is 74.1 Å². The van der Waals surface area contributed by atoms with E-state index >= 15 is 0 Å². The Hall–Kier alpha value is -2.87. The number of hydrogen-bond acceptors (Lipinski definition) is 7. The van der Waals surface area contributed by atoms with Gasteiger partial charge in [-0.05, 0) is 59.7 Å². The molecule has 0 fully saturated rings. The number of rotatable bonds is 10. The first-order chi connectivity index (χ1) is 15.2. The van der Waals surface area contributed by atoms with Crippen molar-refractivity contribution in [2.45, 2.75) is 59.7 Å². The molecule has 1 aromatic carbocycles. The van der Waals surface area contributed by atoms with Crippen LogP contribution in [-0.2, 0) is 0 Å². The fourth-order valence-corrected chi connectivity index (χ4v) is 3.88. The summed E-state index contributed by atoms with van der Waals surface area (Å²) >= 11 is 0. The normalized spacial score (nSPS) is 11.9. The molecule has 0 bridgehead atoms. The SMILES string of the molecule is CC(C)N(CCNc1nc(Nc2cccc(N(C)C)c2)nc2c1ncn2C(C)C)C(C)C. The maximum absolute atomic E-state index is 4.80. The van der Waals surface area contributed by atoms with Crippen molar-refractivity contribution in [1.82, 2.24) is 24.4 Å². The predicted molar refractivity (Wildman–Crippen MR) is 135 cm³/mol. The van der Waals surface area contributed by atoms with E-state index in [1.165, 1.54) is 0 Å². The first-order valence-corrected chi connectivity index (χ1v) is 11.5. The van der Waals surface area contributed by atoms with Crippen molar-refractivity contribution in [3.05, 3.63) is 30.6 Å². The quantitative estimate of drug-likeness (QED) is 0.473. The maximum atomic E-state index is 4.80. The molecule has 8 heteroatoms. The molecular formula is C24H38N8. The molecule has 0 spiro atoms. The highest BCUT2D eigenvalue weighted by Gasteiger charge is 2.17. The molecule has 0 saturated heterocycles. The number of aromatic nitrogens is 4. The Kier molecular flexibility index (Phi) is 7.56. The van der Waals surface area contributed by atoms with Gasteiger partial charge in [-0.1, -0.05) is 6.07 Å². The van der Waals surface area contributed by atoms with E-state index in [1.54, 1.807) is 0 Å². The number of imidazole rings is 1. The van der Waals surface area contributed by atoms with Crippen LogP contribution >= 0.6 is 0 Å². The zero-order valence-corrected chi connectivity index (χ0v) is 20.7. The molecule has 3 rings (SSSR count). The van der Waals surface area contributed by atoms with Crippen molar-refractivity contribution < 1.29 is 0 Å². The summed E-state index contributed by atoms with van der Waals surface area (Å²) in [7, 11) is 4.06. The second-order valence-electron chi connectivity index (χ2n) is 9.24. The van der Waals surface area contributed by atoms with Crippen LogP contribution in [0.2, 0.25) is 0 Å². The van der Waals surface area contributed by atoms with Crippen LogP contribution in [0.25, 0.3) is 11.2 Å². The molecule has 0 radical (unpaired) electrons. The maximum Gasteiger partial charge on any atom is 0.231 e. The van der Waals surface area contributed by atoms with Crippen LogP contribution in [0, 0.1) is 0 Å². The van der Waals surface area contributed by atoms with Crippen LogP contribution in [0.5, 0.6) is 0 Å². The second kappa shape index (κ2) is 10.2. The minimum absolute atomic E-state index is 0.255. The summed E-state index contributed by atoms with van der Waals surface area (Å²) in [4.78, 5) is 18.7. The van der Waals surface area contributed by atoms with Crippen LogP contribution in [0.4, 0.5) is 23.1 Å². The molecule has 2 heterocycles. The van der Waals surface area contributed by atoms with E-state index < -0.39 is 0 Å². The van der Waals surface area contributed by atoms with Gasteiger partial charge in [0.25, 0.3) is 0 Å². The molecule has 3 aromatic rings. The van der Waals surface area contributed by atoms with Gasteiger partial charge in [0.1, 0.15) is 0 Å². The lowest BCUT2D eigenvalue weighted by molar-refractivity contribution is 0.182. The molecule has 0 aliphatic carbocycles. The zero-order valence-electron chi connectivity index (χ0n) is 20.7. The first-order valence-electron chi connectivity index (χ1n) is 11.5. The first kappa shape index (κ1) is 23.8. The number of hydrogen-bond donors (Lipinski definition) is 2. The lowest BCUT2D eigenvalue weighted by atomic mass is 10.2. The number of benzene rings is 1. The van der Waals surface area contributed by atoms with Crippen LogP contribution in [-0.4, -0.2) is 63.7 Å². The van der Waals surface area contributed by atoms with E-state index in [4.69, 9.17) is 9.97 Å². The molecule has 0 atom stereocenters. The number of fused-ring (bicyclic) bond motifs is 1. The predicted octanol–water partition coefficient (Wildman–Crippen LogP) is 4.75. The Bertz CT molecular complexity index is 1010. The summed E-state index contributed by atoms with van der Waals surface area (Å²) in [5.41, 5.74) is 3.69. The highest BCUT2D eigenvalue weighted by atomic mass is 15.2. The molecular weight excluding hydrogens is 400 g/mol. The fraction of sp³-hybridized carbons (Fsp3) is 0.542. The van der Waals surface area contributed by atoms with Gasteiger partial charge in [-0.25, -0.2) is 4.98 Å². The van der Waals surface area contributed by atoms with Crippen molar-refractivity contribution in [1.29, 1.82) is 0 Å². The van der Waals surface area contributed by atoms with Crippen LogP contribution in [0.1, 0.15) is 47.6 Å². The van der Waals surface area contributed by atoms with Gasteiger partial charge in [0, 0.05) is 56.7 Å². The molecule has 0 amide bonds. The van der Waals surface area contributed by atoms with Gasteiger partial charge in [0.2, 0.25) is 5.95 Å². The minimum atomic E-state index is 0.255. The van der Waals surface area contributed by atoms with E-state index in [0.717, 1.165) is 41.4 Å². The van der Waals surface area contributed by atoms with Crippen LogP contribution in [0.3, 0.4) is 0 Å². The highest BCUT2D eigenvalue weighted by Crippen LogP contribution is 2.26. The Balaban J connectivity index is 1.90. The van der Waals surface area contributed by atoms with Gasteiger partial charge in [0.15, 0.2) is 17.0 Å². The summed E-state index contributed by atoms with van der Waals surface area (Å²) < 4.78 is 2.08. The third-order valence-electron chi connectivity index (χ3n) is 5.59. The highest BCUT2D eigenvalue weighted by molar-refractivity contribution is 5.85. The van der Waals surface area contributed by atoms with E-state index in [9.17, 15) is 0 Å². The van der Waals surface area contributed by atoms with E-state index in [0.29, 0.717) is 18.0 Å². The number of anilines is 4. The van der Waals surface area contributed by atoms with Gasteiger partial charge >= 0.3 is 0 Å². The van der Waals surface area contributed by atoms with Gasteiger partial charge in [-0.2, -0.15) is 9.97 Å². The lowest BCUT2D eigenvalue weighted by Gasteiger charge is -2.30. The van der Waals surface area contributed by atoms with Gasteiger partial charge < -0.3 is 20.1 Å². The van der Waals surface area contributed by atoms with Crippen molar-refractivity contribution in [2.75, 3.05) is 42.7 Å².